The molecule has 0 aliphatic rings. The van der Waals surface area contributed by atoms with Crippen molar-refractivity contribution in [3.63, 3.8) is 0 Å². The largest absolute Gasteiger partial charge is 0.444 e. The van der Waals surface area contributed by atoms with Crippen LogP contribution in [0.4, 0.5) is 10.8 Å². The number of thiazole rings is 1. The molecule has 8 heteroatoms. The van der Waals surface area contributed by atoms with E-state index in [1.807, 2.05) is 0 Å². The highest BCUT2D eigenvalue weighted by Crippen LogP contribution is 2.32. The summed E-state index contributed by atoms with van der Waals surface area (Å²) in [5.74, 6) is 2.16. The lowest BCUT2D eigenvalue weighted by Crippen LogP contribution is -2.25. The van der Waals surface area contributed by atoms with E-state index in [0.29, 0.717) is 23.2 Å². The number of unbranched alkanes of at least 4 members (excludes halogenated alkanes) is 2. The Morgan fingerprint density at radius 1 is 1.06 bits per heavy atom. The number of benzene rings is 1. The van der Waals surface area contributed by atoms with Crippen molar-refractivity contribution in [2.75, 3.05) is 23.3 Å². The summed E-state index contributed by atoms with van der Waals surface area (Å²) < 4.78 is 6.86. The lowest BCUT2D eigenvalue weighted by atomic mass is 9.94. The summed E-state index contributed by atoms with van der Waals surface area (Å²) in [6.07, 6.45) is 8.74. The molecule has 0 saturated heterocycles. The summed E-state index contributed by atoms with van der Waals surface area (Å²) in [5, 5.41) is 3.54. The maximum Gasteiger partial charge on any atom is 0.230 e. The van der Waals surface area contributed by atoms with Gasteiger partial charge in [-0.1, -0.05) is 70.9 Å². The Morgan fingerprint density at radius 2 is 1.83 bits per heavy atom. The van der Waals surface area contributed by atoms with Crippen LogP contribution in [-0.4, -0.2) is 29.0 Å². The van der Waals surface area contributed by atoms with E-state index in [4.69, 9.17) is 4.42 Å². The summed E-state index contributed by atoms with van der Waals surface area (Å²) in [4.78, 5) is 23.7. The standard InChI is InChI=1S/C27H38N4O2S2/c1-6-8-9-15-31(14-7-2)21-12-10-20(11-13-21)16-23(32)30-26-29-18-25(35-26)34-19-24-28-17-22(33-24)27(3,4)5/h10-13,17-18H,6-9,14-16,19H2,1-5H3,(H,29,30,32). The van der Waals surface area contributed by atoms with Gasteiger partial charge in [-0.15, -0.1) is 11.8 Å². The molecule has 1 N–H and O–H groups in total. The highest BCUT2D eigenvalue weighted by Gasteiger charge is 2.19. The van der Waals surface area contributed by atoms with E-state index in [9.17, 15) is 4.79 Å². The third-order valence-electron chi connectivity index (χ3n) is 5.55. The first-order valence-electron chi connectivity index (χ1n) is 12.5. The smallest absolute Gasteiger partial charge is 0.230 e. The zero-order valence-corrected chi connectivity index (χ0v) is 23.2. The second-order valence-corrected chi connectivity index (χ2v) is 12.0. The quantitative estimate of drug-likeness (QED) is 0.190. The number of carbonyl (C=O) groups is 1. The zero-order chi connectivity index (χ0) is 25.3. The maximum absolute atomic E-state index is 12.6. The van der Waals surface area contributed by atoms with Gasteiger partial charge in [0, 0.05) is 24.2 Å². The van der Waals surface area contributed by atoms with Crippen LogP contribution in [0.15, 0.2) is 45.3 Å². The van der Waals surface area contributed by atoms with Gasteiger partial charge < -0.3 is 14.6 Å². The van der Waals surface area contributed by atoms with Crippen molar-refractivity contribution in [1.29, 1.82) is 0 Å². The normalized spacial score (nSPS) is 11.6. The molecule has 3 rings (SSSR count). The number of rotatable bonds is 13. The number of hydrogen-bond acceptors (Lipinski definition) is 7. The molecule has 0 aliphatic heterocycles. The van der Waals surface area contributed by atoms with Crippen LogP contribution in [0.3, 0.4) is 0 Å². The Bertz CT molecular complexity index is 1050. The minimum atomic E-state index is -0.0560. The van der Waals surface area contributed by atoms with Gasteiger partial charge in [0.1, 0.15) is 5.76 Å². The topological polar surface area (TPSA) is 71.3 Å². The Kier molecular flexibility index (Phi) is 10.2. The molecule has 3 aromatic rings. The van der Waals surface area contributed by atoms with Gasteiger partial charge in [0.25, 0.3) is 0 Å². The SMILES string of the molecule is CCCCCN(CCC)c1ccc(CC(=O)Nc2ncc(SCc3ncc(C(C)(C)C)o3)s2)cc1. The van der Waals surface area contributed by atoms with Gasteiger partial charge in [-0.3, -0.25) is 4.79 Å². The number of anilines is 2. The van der Waals surface area contributed by atoms with Gasteiger partial charge in [0.15, 0.2) is 5.13 Å². The van der Waals surface area contributed by atoms with Crippen molar-refractivity contribution in [2.45, 2.75) is 82.1 Å². The Balaban J connectivity index is 1.48. The summed E-state index contributed by atoms with van der Waals surface area (Å²) in [5.41, 5.74) is 2.18. The van der Waals surface area contributed by atoms with Gasteiger partial charge in [-0.2, -0.15) is 0 Å². The monoisotopic (exact) mass is 514 g/mol. The molecule has 0 unspecified atom stereocenters. The molecule has 190 valence electrons. The van der Waals surface area contributed by atoms with E-state index < -0.39 is 0 Å². The van der Waals surface area contributed by atoms with Gasteiger partial charge in [0.05, 0.1) is 28.8 Å². The predicted octanol–water partition coefficient (Wildman–Crippen LogP) is 7.31. The van der Waals surface area contributed by atoms with E-state index in [-0.39, 0.29) is 11.3 Å². The minimum absolute atomic E-state index is 0.0539. The number of amides is 1. The zero-order valence-electron chi connectivity index (χ0n) is 21.6. The molecular weight excluding hydrogens is 476 g/mol. The lowest BCUT2D eigenvalue weighted by Gasteiger charge is -2.24. The summed E-state index contributed by atoms with van der Waals surface area (Å²) in [7, 11) is 0. The van der Waals surface area contributed by atoms with Crippen LogP contribution >= 0.6 is 23.1 Å². The maximum atomic E-state index is 12.6. The molecule has 0 bridgehead atoms. The van der Waals surface area contributed by atoms with E-state index in [2.05, 4.69) is 79.1 Å². The number of nitrogens with one attached hydrogen (secondary N) is 1. The number of oxazole rings is 1. The molecule has 6 nitrogen and oxygen atoms in total. The second-order valence-electron chi connectivity index (χ2n) is 9.73. The average molecular weight is 515 g/mol. The van der Waals surface area contributed by atoms with Crippen molar-refractivity contribution >= 4 is 39.8 Å². The summed E-state index contributed by atoms with van der Waals surface area (Å²) >= 11 is 3.08. The molecule has 0 radical (unpaired) electrons. The molecule has 1 aromatic carbocycles. The second kappa shape index (κ2) is 13.1. The third kappa shape index (κ3) is 8.69. The average Bonchev–Trinajstić information content (AvgIpc) is 3.47. The highest BCUT2D eigenvalue weighted by molar-refractivity contribution is 8.00. The first-order valence-corrected chi connectivity index (χ1v) is 14.3. The molecular formula is C27H38N4O2S2. The van der Waals surface area contributed by atoms with Crippen molar-refractivity contribution in [3.8, 4) is 0 Å². The number of aromatic nitrogens is 2. The van der Waals surface area contributed by atoms with Crippen LogP contribution < -0.4 is 10.2 Å². The Hall–Kier alpha value is -2.32. The molecule has 35 heavy (non-hydrogen) atoms. The number of carbonyl (C=O) groups excluding carboxylic acids is 1. The van der Waals surface area contributed by atoms with Crippen LogP contribution in [-0.2, 0) is 22.4 Å². The fourth-order valence-electron chi connectivity index (χ4n) is 3.61. The van der Waals surface area contributed by atoms with Crippen molar-refractivity contribution in [3.05, 3.63) is 53.9 Å². The van der Waals surface area contributed by atoms with Gasteiger partial charge in [0.2, 0.25) is 11.8 Å². The van der Waals surface area contributed by atoms with Crippen LogP contribution in [0.1, 0.15) is 77.5 Å². The molecule has 2 heterocycles. The molecule has 2 aromatic heterocycles. The predicted molar refractivity (Wildman–Crippen MR) is 148 cm³/mol. The third-order valence-corrected chi connectivity index (χ3v) is 7.64. The summed E-state index contributed by atoms with van der Waals surface area (Å²) in [6.45, 7) is 12.9. The van der Waals surface area contributed by atoms with Crippen molar-refractivity contribution < 1.29 is 9.21 Å². The molecule has 0 fully saturated rings. The number of thioether (sulfide) groups is 1. The molecule has 1 amide bonds. The van der Waals surface area contributed by atoms with Crippen LogP contribution in [0, 0.1) is 0 Å². The van der Waals surface area contributed by atoms with Crippen LogP contribution in [0.25, 0.3) is 0 Å². The Labute approximate surface area is 217 Å². The van der Waals surface area contributed by atoms with Crippen LogP contribution in [0.2, 0.25) is 0 Å². The van der Waals surface area contributed by atoms with Gasteiger partial charge >= 0.3 is 0 Å². The Morgan fingerprint density at radius 3 is 2.49 bits per heavy atom. The molecule has 0 atom stereocenters. The highest BCUT2D eigenvalue weighted by atomic mass is 32.2. The molecule has 0 aliphatic carbocycles. The fourth-order valence-corrected chi connectivity index (χ4v) is 5.35. The van der Waals surface area contributed by atoms with Gasteiger partial charge in [-0.25, -0.2) is 9.97 Å². The van der Waals surface area contributed by atoms with Crippen LogP contribution in [0.5, 0.6) is 0 Å². The first kappa shape index (κ1) is 27.3. The minimum Gasteiger partial charge on any atom is -0.444 e. The summed E-state index contributed by atoms with van der Waals surface area (Å²) in [6, 6.07) is 8.39. The molecule has 0 spiro atoms. The number of nitrogens with zero attached hydrogens (tertiary/aromatic N) is 3. The fraction of sp³-hybridized carbons (Fsp3) is 0.519. The van der Waals surface area contributed by atoms with Crippen molar-refractivity contribution in [2.24, 2.45) is 0 Å². The van der Waals surface area contributed by atoms with E-state index in [1.54, 1.807) is 24.2 Å². The lowest BCUT2D eigenvalue weighted by molar-refractivity contribution is -0.115. The first-order chi connectivity index (χ1) is 16.8. The van der Waals surface area contributed by atoms with Crippen molar-refractivity contribution in [1.82, 2.24) is 9.97 Å². The van der Waals surface area contributed by atoms with Gasteiger partial charge in [-0.05, 0) is 30.5 Å². The molecule has 0 saturated carbocycles. The van der Waals surface area contributed by atoms with E-state index >= 15 is 0 Å². The van der Waals surface area contributed by atoms with E-state index in [1.165, 1.54) is 36.3 Å². The number of hydrogen-bond donors (Lipinski definition) is 1. The van der Waals surface area contributed by atoms with E-state index in [0.717, 1.165) is 35.0 Å².